The maximum atomic E-state index is 13.1. The summed E-state index contributed by atoms with van der Waals surface area (Å²) in [5.41, 5.74) is 1.73. The van der Waals surface area contributed by atoms with Crippen LogP contribution in [0.4, 0.5) is 4.39 Å². The Morgan fingerprint density at radius 3 is 2.94 bits per heavy atom. The molecule has 1 aromatic carbocycles. The minimum Gasteiger partial charge on any atom is -0.294 e. The molecule has 0 heterocycles. The Labute approximate surface area is 109 Å². The Morgan fingerprint density at radius 2 is 2.24 bits per heavy atom. The third-order valence-electron chi connectivity index (χ3n) is 3.13. The van der Waals surface area contributed by atoms with Gasteiger partial charge in [-0.2, -0.15) is 0 Å². The van der Waals surface area contributed by atoms with Crippen LogP contribution in [0.1, 0.15) is 31.7 Å². The normalized spacial score (nSPS) is 23.1. The predicted molar refractivity (Wildman–Crippen MR) is 70.1 cm³/mol. The van der Waals surface area contributed by atoms with Gasteiger partial charge in [-0.3, -0.25) is 4.79 Å². The Hall–Kier alpha value is -0.960. The first-order valence-electron chi connectivity index (χ1n) is 5.78. The Kier molecular flexibility index (Phi) is 3.77. The lowest BCUT2D eigenvalue weighted by Gasteiger charge is -2.19. The maximum Gasteiger partial charge on any atom is 0.161 e. The lowest BCUT2D eigenvalue weighted by molar-refractivity contribution is -0.119. The van der Waals surface area contributed by atoms with E-state index < -0.39 is 0 Å². The number of carbonyl (C=O) groups is 1. The van der Waals surface area contributed by atoms with E-state index in [0.717, 1.165) is 30.4 Å². The lowest BCUT2D eigenvalue weighted by Crippen LogP contribution is -2.18. The van der Waals surface area contributed by atoms with Gasteiger partial charge < -0.3 is 0 Å². The van der Waals surface area contributed by atoms with Gasteiger partial charge in [-0.15, -0.1) is 0 Å². The number of halogens is 2. The second kappa shape index (κ2) is 5.13. The van der Waals surface area contributed by atoms with Crippen LogP contribution in [0, 0.1) is 11.7 Å². The summed E-state index contributed by atoms with van der Waals surface area (Å²) >= 11 is 3.15. The molecule has 0 saturated heterocycles. The molecule has 3 heteroatoms. The van der Waals surface area contributed by atoms with Gasteiger partial charge in [-0.05, 0) is 64.5 Å². The highest BCUT2D eigenvalue weighted by atomic mass is 79.9. The summed E-state index contributed by atoms with van der Waals surface area (Å²) in [6.07, 6.45) is 4.74. The zero-order valence-corrected chi connectivity index (χ0v) is 11.3. The molecule has 1 nitrogen and oxygen atoms in total. The van der Waals surface area contributed by atoms with Crippen molar-refractivity contribution in [2.24, 2.45) is 5.92 Å². The summed E-state index contributed by atoms with van der Waals surface area (Å²) in [7, 11) is 0. The molecule has 1 atom stereocenters. The van der Waals surface area contributed by atoms with Gasteiger partial charge in [0, 0.05) is 5.92 Å². The Morgan fingerprint density at radius 1 is 1.47 bits per heavy atom. The quantitative estimate of drug-likeness (QED) is 0.704. The van der Waals surface area contributed by atoms with Gasteiger partial charge in [0.2, 0.25) is 0 Å². The molecule has 0 bridgehead atoms. The van der Waals surface area contributed by atoms with Crippen LogP contribution < -0.4 is 0 Å². The van der Waals surface area contributed by atoms with Crippen LogP contribution in [-0.4, -0.2) is 5.78 Å². The zero-order valence-electron chi connectivity index (χ0n) is 9.67. The third kappa shape index (κ3) is 2.83. The van der Waals surface area contributed by atoms with Crippen molar-refractivity contribution in [2.75, 3.05) is 0 Å². The zero-order chi connectivity index (χ0) is 12.4. The van der Waals surface area contributed by atoms with E-state index in [-0.39, 0.29) is 17.5 Å². The standard InChI is InChI=1S/C14H14BrFO/c1-9-3-2-4-11(14(9)17)7-10-5-6-13(16)12(15)8-10/h5-9H,2-4H2,1H3/b11-7+/t9-/m1/s1. The van der Waals surface area contributed by atoms with Crippen LogP contribution in [0.25, 0.3) is 6.08 Å². The van der Waals surface area contributed by atoms with Crippen molar-refractivity contribution in [3.8, 4) is 0 Å². The van der Waals surface area contributed by atoms with Crippen molar-refractivity contribution in [2.45, 2.75) is 26.2 Å². The maximum absolute atomic E-state index is 13.1. The fourth-order valence-corrected chi connectivity index (χ4v) is 2.51. The van der Waals surface area contributed by atoms with Crippen LogP contribution >= 0.6 is 15.9 Å². The minimum absolute atomic E-state index is 0.124. The average Bonchev–Trinajstić information content (AvgIpc) is 2.30. The first kappa shape index (κ1) is 12.5. The first-order chi connectivity index (χ1) is 8.08. The molecule has 1 aliphatic carbocycles. The summed E-state index contributed by atoms with van der Waals surface area (Å²) in [6.45, 7) is 1.97. The highest BCUT2D eigenvalue weighted by molar-refractivity contribution is 9.10. The van der Waals surface area contributed by atoms with Crippen LogP contribution in [-0.2, 0) is 4.79 Å². The van der Waals surface area contributed by atoms with Crippen molar-refractivity contribution in [1.29, 1.82) is 0 Å². The van der Waals surface area contributed by atoms with Gasteiger partial charge in [0.05, 0.1) is 4.47 Å². The van der Waals surface area contributed by atoms with Crippen LogP contribution in [0.2, 0.25) is 0 Å². The number of benzene rings is 1. The molecule has 0 aromatic heterocycles. The molecule has 90 valence electrons. The van der Waals surface area contributed by atoms with E-state index in [4.69, 9.17) is 0 Å². The van der Waals surface area contributed by atoms with Gasteiger partial charge in [0.15, 0.2) is 5.78 Å². The third-order valence-corrected chi connectivity index (χ3v) is 3.74. The van der Waals surface area contributed by atoms with Crippen LogP contribution in [0.3, 0.4) is 0 Å². The topological polar surface area (TPSA) is 17.1 Å². The van der Waals surface area contributed by atoms with Gasteiger partial charge in [0.25, 0.3) is 0 Å². The first-order valence-corrected chi connectivity index (χ1v) is 6.57. The molecule has 0 amide bonds. The number of allylic oxidation sites excluding steroid dienone is 1. The molecule has 2 rings (SSSR count). The molecule has 1 fully saturated rings. The average molecular weight is 297 g/mol. The van der Waals surface area contributed by atoms with Gasteiger partial charge in [-0.1, -0.05) is 13.0 Å². The SMILES string of the molecule is C[C@@H]1CCC/C(=C\c2ccc(F)c(Br)c2)C1=O. The highest BCUT2D eigenvalue weighted by Gasteiger charge is 2.22. The summed E-state index contributed by atoms with van der Waals surface area (Å²) < 4.78 is 13.5. The van der Waals surface area contributed by atoms with E-state index in [0.29, 0.717) is 4.47 Å². The fourth-order valence-electron chi connectivity index (χ4n) is 2.12. The lowest BCUT2D eigenvalue weighted by atomic mass is 9.84. The molecule has 1 saturated carbocycles. The van der Waals surface area contributed by atoms with Gasteiger partial charge in [-0.25, -0.2) is 4.39 Å². The number of carbonyl (C=O) groups excluding carboxylic acids is 1. The largest absolute Gasteiger partial charge is 0.294 e. The fraction of sp³-hybridized carbons (Fsp3) is 0.357. The number of hydrogen-bond acceptors (Lipinski definition) is 1. The van der Waals surface area contributed by atoms with E-state index in [1.54, 1.807) is 12.1 Å². The smallest absolute Gasteiger partial charge is 0.161 e. The van der Waals surface area contributed by atoms with E-state index >= 15 is 0 Å². The van der Waals surface area contributed by atoms with Crippen molar-refractivity contribution in [3.63, 3.8) is 0 Å². The Balaban J connectivity index is 2.28. The molecule has 1 aromatic rings. The van der Waals surface area contributed by atoms with Crippen molar-refractivity contribution >= 4 is 27.8 Å². The number of Topliss-reactive ketones (excluding diaryl/α,β-unsaturated/α-hetero) is 1. The van der Waals surface area contributed by atoms with Crippen molar-refractivity contribution in [1.82, 2.24) is 0 Å². The number of rotatable bonds is 1. The van der Waals surface area contributed by atoms with E-state index in [2.05, 4.69) is 15.9 Å². The van der Waals surface area contributed by atoms with E-state index in [1.807, 2.05) is 13.0 Å². The van der Waals surface area contributed by atoms with Gasteiger partial charge >= 0.3 is 0 Å². The predicted octanol–water partition coefficient (Wildman–Crippen LogP) is 4.36. The minimum atomic E-state index is -0.282. The molecule has 0 radical (unpaired) electrons. The molecule has 0 unspecified atom stereocenters. The molecule has 0 spiro atoms. The summed E-state index contributed by atoms with van der Waals surface area (Å²) in [5.74, 6) is 0.0751. The molecule has 0 N–H and O–H groups in total. The highest BCUT2D eigenvalue weighted by Crippen LogP contribution is 2.27. The van der Waals surface area contributed by atoms with Crippen molar-refractivity contribution < 1.29 is 9.18 Å². The van der Waals surface area contributed by atoms with Crippen LogP contribution in [0.5, 0.6) is 0 Å². The number of ketones is 1. The molecule has 0 aliphatic heterocycles. The molecule has 17 heavy (non-hydrogen) atoms. The second-order valence-corrected chi connectivity index (χ2v) is 5.35. The Bertz CT molecular complexity index is 479. The number of hydrogen-bond donors (Lipinski definition) is 0. The molecular weight excluding hydrogens is 283 g/mol. The second-order valence-electron chi connectivity index (χ2n) is 4.50. The van der Waals surface area contributed by atoms with Crippen LogP contribution in [0.15, 0.2) is 28.2 Å². The summed E-state index contributed by atoms with van der Waals surface area (Å²) in [5, 5.41) is 0. The monoisotopic (exact) mass is 296 g/mol. The van der Waals surface area contributed by atoms with E-state index in [1.165, 1.54) is 6.07 Å². The van der Waals surface area contributed by atoms with Gasteiger partial charge in [0.1, 0.15) is 5.82 Å². The summed E-state index contributed by atoms with van der Waals surface area (Å²) in [6, 6.07) is 4.81. The molecule has 1 aliphatic rings. The summed E-state index contributed by atoms with van der Waals surface area (Å²) in [4.78, 5) is 11.9. The molecular formula is C14H14BrFO. The van der Waals surface area contributed by atoms with Crippen molar-refractivity contribution in [3.05, 3.63) is 39.6 Å². The van der Waals surface area contributed by atoms with E-state index in [9.17, 15) is 9.18 Å².